The van der Waals surface area contributed by atoms with Crippen LogP contribution in [0.4, 0.5) is 13.2 Å². The Morgan fingerprint density at radius 2 is 2.07 bits per heavy atom. The van der Waals surface area contributed by atoms with Crippen LogP contribution in [0.25, 0.3) is 11.4 Å². The Kier molecular flexibility index (Phi) is 5.81. The van der Waals surface area contributed by atoms with E-state index in [1.54, 1.807) is 30.6 Å². The monoisotopic (exact) mass is 406 g/mol. The number of nitrogens with one attached hydrogen (secondary N) is 1. The predicted molar refractivity (Wildman–Crippen MR) is 96.0 cm³/mol. The fraction of sp³-hybridized carbons (Fsp3) is 0.263. The number of amides is 1. The average Bonchev–Trinajstić information content (AvgIpc) is 3.07. The van der Waals surface area contributed by atoms with Crippen molar-refractivity contribution in [3.05, 3.63) is 59.7 Å². The highest BCUT2D eigenvalue weighted by molar-refractivity contribution is 5.92. The Labute approximate surface area is 163 Å². The number of aryl methyl sites for hydroxylation is 1. The summed E-state index contributed by atoms with van der Waals surface area (Å²) in [5.41, 5.74) is 1.63. The first-order valence-electron chi connectivity index (χ1n) is 8.53. The van der Waals surface area contributed by atoms with Crippen molar-refractivity contribution < 1.29 is 27.2 Å². The predicted octanol–water partition coefficient (Wildman–Crippen LogP) is 3.70. The average molecular weight is 406 g/mol. The van der Waals surface area contributed by atoms with Crippen molar-refractivity contribution in [3.8, 4) is 17.1 Å². The zero-order chi connectivity index (χ0) is 21.0. The van der Waals surface area contributed by atoms with Gasteiger partial charge in [0.2, 0.25) is 5.79 Å². The van der Waals surface area contributed by atoms with Gasteiger partial charge in [0.25, 0.3) is 12.3 Å². The number of carbonyl (C=O) groups is 1. The van der Waals surface area contributed by atoms with Gasteiger partial charge in [-0.25, -0.2) is 18.2 Å². The molecule has 0 aliphatic heterocycles. The summed E-state index contributed by atoms with van der Waals surface area (Å²) in [4.78, 5) is 19.9. The Hall–Kier alpha value is -3.43. The summed E-state index contributed by atoms with van der Waals surface area (Å²) in [6.07, 6.45) is -0.501. The molecular weight excluding hydrogens is 389 g/mol. The van der Waals surface area contributed by atoms with Crippen molar-refractivity contribution in [1.82, 2.24) is 20.4 Å². The molecule has 1 N–H and O–H groups in total. The van der Waals surface area contributed by atoms with E-state index >= 15 is 0 Å². The molecule has 3 rings (SSSR count). The van der Waals surface area contributed by atoms with Crippen molar-refractivity contribution in [2.45, 2.75) is 32.7 Å². The maximum atomic E-state index is 13.6. The van der Waals surface area contributed by atoms with E-state index < -0.39 is 18.1 Å². The number of nitrogens with zero attached hydrogens (tertiary/aromatic N) is 3. The second-order valence-electron chi connectivity index (χ2n) is 6.28. The quantitative estimate of drug-likeness (QED) is 0.602. The molecule has 1 amide bonds. The van der Waals surface area contributed by atoms with Crippen LogP contribution in [0.3, 0.4) is 0 Å². The highest BCUT2D eigenvalue weighted by Crippen LogP contribution is 2.25. The van der Waals surface area contributed by atoms with E-state index in [4.69, 9.17) is 9.26 Å². The summed E-state index contributed by atoms with van der Waals surface area (Å²) in [6.45, 7) is 2.41. The van der Waals surface area contributed by atoms with Crippen LogP contribution in [0.2, 0.25) is 0 Å². The summed E-state index contributed by atoms with van der Waals surface area (Å²) < 4.78 is 49.5. The van der Waals surface area contributed by atoms with Crippen LogP contribution >= 0.6 is 0 Å². The maximum Gasteiger partial charge on any atom is 0.290 e. The Morgan fingerprint density at radius 3 is 2.69 bits per heavy atom. The van der Waals surface area contributed by atoms with Gasteiger partial charge in [0.15, 0.2) is 0 Å². The first-order valence-corrected chi connectivity index (χ1v) is 8.53. The molecular formula is C19H17F3N4O3. The molecule has 0 spiro atoms. The number of ether oxygens (including phenoxy) is 1. The normalized spacial score (nSPS) is 13.2. The highest BCUT2D eigenvalue weighted by Gasteiger charge is 2.37. The van der Waals surface area contributed by atoms with Gasteiger partial charge >= 0.3 is 0 Å². The van der Waals surface area contributed by atoms with Crippen LogP contribution < -0.4 is 10.1 Å². The van der Waals surface area contributed by atoms with E-state index in [2.05, 4.69) is 15.1 Å². The number of halogens is 3. The second-order valence-corrected chi connectivity index (χ2v) is 6.28. The van der Waals surface area contributed by atoms with Gasteiger partial charge in [-0.1, -0.05) is 11.2 Å². The lowest BCUT2D eigenvalue weighted by atomic mass is 10.1. The molecule has 0 aliphatic rings. The Bertz CT molecular complexity index is 976. The molecule has 0 unspecified atom stereocenters. The number of rotatable bonds is 7. The van der Waals surface area contributed by atoms with E-state index in [1.807, 2.05) is 6.07 Å². The van der Waals surface area contributed by atoms with Crippen molar-refractivity contribution in [3.63, 3.8) is 0 Å². The number of alkyl halides is 3. The molecule has 0 radical (unpaired) electrons. The number of hydrogen-bond acceptors (Lipinski definition) is 6. The summed E-state index contributed by atoms with van der Waals surface area (Å²) in [5.74, 6) is -3.34. The third-order valence-corrected chi connectivity index (χ3v) is 4.01. The summed E-state index contributed by atoms with van der Waals surface area (Å²) in [6, 6.07) is 8.05. The number of hydrogen-bond donors (Lipinski definition) is 1. The first kappa shape index (κ1) is 20.3. The van der Waals surface area contributed by atoms with E-state index in [9.17, 15) is 18.0 Å². The number of pyridine rings is 2. The molecule has 3 heterocycles. The lowest BCUT2D eigenvalue weighted by Gasteiger charge is -2.20. The molecule has 29 heavy (non-hydrogen) atoms. The van der Waals surface area contributed by atoms with Crippen LogP contribution in [-0.2, 0) is 6.61 Å². The summed E-state index contributed by atoms with van der Waals surface area (Å²) >= 11 is 0. The topological polar surface area (TPSA) is 90.1 Å². The smallest absolute Gasteiger partial charge is 0.290 e. The van der Waals surface area contributed by atoms with Crippen molar-refractivity contribution in [2.24, 2.45) is 0 Å². The SMILES string of the molecule is Cc1onc(-c2ccccn2)c1COc1ccc(C(=O)N[C@@](C)(F)C(F)F)nc1. The van der Waals surface area contributed by atoms with E-state index in [0.29, 0.717) is 35.4 Å². The van der Waals surface area contributed by atoms with Crippen molar-refractivity contribution >= 4 is 5.91 Å². The molecule has 0 fully saturated rings. The van der Waals surface area contributed by atoms with Crippen LogP contribution in [0.15, 0.2) is 47.2 Å². The van der Waals surface area contributed by atoms with E-state index in [-0.39, 0.29) is 12.3 Å². The minimum absolute atomic E-state index is 0.0996. The highest BCUT2D eigenvalue weighted by atomic mass is 19.3. The van der Waals surface area contributed by atoms with Gasteiger partial charge in [0, 0.05) is 6.20 Å². The van der Waals surface area contributed by atoms with Crippen molar-refractivity contribution in [2.75, 3.05) is 0 Å². The van der Waals surface area contributed by atoms with Gasteiger partial charge in [-0.15, -0.1) is 0 Å². The molecule has 7 nitrogen and oxygen atoms in total. The van der Waals surface area contributed by atoms with Gasteiger partial charge < -0.3 is 14.6 Å². The second kappa shape index (κ2) is 8.29. The van der Waals surface area contributed by atoms with Crippen LogP contribution in [0.1, 0.15) is 28.7 Å². The van der Waals surface area contributed by atoms with Crippen LogP contribution in [-0.4, -0.2) is 33.2 Å². The van der Waals surface area contributed by atoms with Crippen LogP contribution in [0, 0.1) is 6.92 Å². The molecule has 0 aliphatic carbocycles. The van der Waals surface area contributed by atoms with Gasteiger partial charge in [0.05, 0.1) is 17.5 Å². The molecule has 10 heteroatoms. The molecule has 1 atom stereocenters. The Morgan fingerprint density at radius 1 is 1.28 bits per heavy atom. The number of carbonyl (C=O) groups excluding carboxylic acids is 1. The summed E-state index contributed by atoms with van der Waals surface area (Å²) in [7, 11) is 0. The minimum Gasteiger partial charge on any atom is -0.487 e. The van der Waals surface area contributed by atoms with Crippen molar-refractivity contribution in [1.29, 1.82) is 0 Å². The third-order valence-electron chi connectivity index (χ3n) is 4.01. The van der Waals surface area contributed by atoms with Gasteiger partial charge in [-0.2, -0.15) is 0 Å². The molecule has 0 aromatic carbocycles. The maximum absolute atomic E-state index is 13.6. The standard InChI is InChI=1S/C19H17F3N4O3/c1-11-13(16(26-29-11)14-5-3-4-8-23-14)10-28-12-6-7-15(24-9-12)17(27)25-19(2,22)18(20)21/h3-9,18H,10H2,1-2H3,(H,25,27)/t19-/m1/s1. The minimum atomic E-state index is -3.37. The molecule has 152 valence electrons. The third kappa shape index (κ3) is 4.71. The molecule has 0 saturated heterocycles. The summed E-state index contributed by atoms with van der Waals surface area (Å²) in [5, 5.41) is 5.59. The zero-order valence-electron chi connectivity index (χ0n) is 15.5. The lowest BCUT2D eigenvalue weighted by Crippen LogP contribution is -2.47. The largest absolute Gasteiger partial charge is 0.487 e. The van der Waals surface area contributed by atoms with Gasteiger partial charge in [-0.3, -0.25) is 9.78 Å². The molecule has 3 aromatic rings. The Balaban J connectivity index is 1.68. The van der Waals surface area contributed by atoms with Gasteiger partial charge in [-0.05, 0) is 38.1 Å². The molecule has 0 bridgehead atoms. The van der Waals surface area contributed by atoms with Crippen LogP contribution in [0.5, 0.6) is 5.75 Å². The van der Waals surface area contributed by atoms with Gasteiger partial charge in [0.1, 0.15) is 29.5 Å². The number of aromatic nitrogens is 3. The fourth-order valence-corrected chi connectivity index (χ4v) is 2.36. The first-order chi connectivity index (χ1) is 13.8. The molecule has 0 saturated carbocycles. The zero-order valence-corrected chi connectivity index (χ0v) is 15.5. The lowest BCUT2D eigenvalue weighted by molar-refractivity contribution is -0.0399. The molecule has 3 aromatic heterocycles. The van der Waals surface area contributed by atoms with E-state index in [1.165, 1.54) is 18.3 Å². The fourth-order valence-electron chi connectivity index (χ4n) is 2.36. The van der Waals surface area contributed by atoms with E-state index in [0.717, 1.165) is 0 Å².